The number of nitrogen functional groups attached to an aromatic ring is 1. The fraction of sp³-hybridized carbons (Fsp3) is 0.500. The fourth-order valence-electron chi connectivity index (χ4n) is 1.61. The van der Waals surface area contributed by atoms with E-state index in [4.69, 9.17) is 5.84 Å². The standard InChI is InChI=1S/C12H19N5S2/c1-7-5-8-9(14-6-12(2,3)18-4)15-11(17-13)16-10(8)19-7/h5H,6,13H2,1-4H3,(H2,14,15,16,17). The average Bonchev–Trinajstić information content (AvgIpc) is 2.76. The number of rotatable bonds is 5. The van der Waals surface area contributed by atoms with Crippen molar-refractivity contribution in [3.05, 3.63) is 10.9 Å². The van der Waals surface area contributed by atoms with Crippen LogP contribution < -0.4 is 16.6 Å². The number of hydrazine groups is 1. The van der Waals surface area contributed by atoms with Gasteiger partial charge in [0.25, 0.3) is 0 Å². The number of nitrogens with zero attached hydrogens (tertiary/aromatic N) is 2. The molecule has 0 atom stereocenters. The Morgan fingerprint density at radius 1 is 1.42 bits per heavy atom. The molecule has 2 rings (SSSR count). The SMILES string of the molecule is CSC(C)(C)CNc1nc(NN)nc2sc(C)cc12. The van der Waals surface area contributed by atoms with Crippen molar-refractivity contribution in [2.45, 2.75) is 25.5 Å². The molecule has 0 fully saturated rings. The highest BCUT2D eigenvalue weighted by molar-refractivity contribution is 7.99. The first-order valence-corrected chi connectivity index (χ1v) is 8.03. The van der Waals surface area contributed by atoms with Gasteiger partial charge < -0.3 is 5.32 Å². The minimum atomic E-state index is 0.151. The van der Waals surface area contributed by atoms with Gasteiger partial charge in [-0.3, -0.25) is 5.43 Å². The molecule has 0 saturated heterocycles. The summed E-state index contributed by atoms with van der Waals surface area (Å²) in [7, 11) is 0. The highest BCUT2D eigenvalue weighted by Crippen LogP contribution is 2.30. The van der Waals surface area contributed by atoms with Gasteiger partial charge in [0, 0.05) is 16.2 Å². The molecule has 4 N–H and O–H groups in total. The highest BCUT2D eigenvalue weighted by Gasteiger charge is 2.17. The Bertz CT molecular complexity index is 579. The van der Waals surface area contributed by atoms with Crippen molar-refractivity contribution in [2.75, 3.05) is 23.5 Å². The molecule has 2 heterocycles. The van der Waals surface area contributed by atoms with Crippen LogP contribution in [0.5, 0.6) is 0 Å². The quantitative estimate of drug-likeness (QED) is 0.582. The highest BCUT2D eigenvalue weighted by atomic mass is 32.2. The zero-order valence-electron chi connectivity index (χ0n) is 11.6. The Kier molecular flexibility index (Phi) is 4.17. The Morgan fingerprint density at radius 3 is 2.79 bits per heavy atom. The number of thioether (sulfide) groups is 1. The van der Waals surface area contributed by atoms with Gasteiger partial charge in [0.1, 0.15) is 10.6 Å². The number of nitrogens with two attached hydrogens (primary N) is 1. The van der Waals surface area contributed by atoms with Gasteiger partial charge in [0.05, 0.1) is 5.39 Å². The lowest BCUT2D eigenvalue weighted by molar-refractivity contribution is 0.751. The summed E-state index contributed by atoms with van der Waals surface area (Å²) in [5.41, 5.74) is 2.52. The van der Waals surface area contributed by atoms with E-state index < -0.39 is 0 Å². The van der Waals surface area contributed by atoms with E-state index in [1.165, 1.54) is 4.88 Å². The van der Waals surface area contributed by atoms with Gasteiger partial charge in [-0.2, -0.15) is 16.7 Å². The molecule has 0 unspecified atom stereocenters. The maximum atomic E-state index is 5.42. The topological polar surface area (TPSA) is 75.9 Å². The monoisotopic (exact) mass is 297 g/mol. The van der Waals surface area contributed by atoms with Crippen molar-refractivity contribution >= 4 is 45.1 Å². The lowest BCUT2D eigenvalue weighted by Crippen LogP contribution is -2.26. The molecule has 19 heavy (non-hydrogen) atoms. The average molecular weight is 297 g/mol. The van der Waals surface area contributed by atoms with Crippen molar-refractivity contribution in [2.24, 2.45) is 5.84 Å². The zero-order valence-corrected chi connectivity index (χ0v) is 13.2. The molecule has 104 valence electrons. The first-order chi connectivity index (χ1) is 8.95. The molecule has 0 spiro atoms. The number of hydrogen-bond donors (Lipinski definition) is 3. The second-order valence-electron chi connectivity index (χ2n) is 4.93. The first-order valence-electron chi connectivity index (χ1n) is 5.99. The van der Waals surface area contributed by atoms with Gasteiger partial charge in [0.15, 0.2) is 0 Å². The number of fused-ring (bicyclic) bond motifs is 1. The zero-order chi connectivity index (χ0) is 14.0. The summed E-state index contributed by atoms with van der Waals surface area (Å²) in [6.07, 6.45) is 2.11. The van der Waals surface area contributed by atoms with Crippen molar-refractivity contribution in [1.29, 1.82) is 0 Å². The van der Waals surface area contributed by atoms with Crippen LogP contribution in [0, 0.1) is 6.92 Å². The summed E-state index contributed by atoms with van der Waals surface area (Å²) >= 11 is 3.47. The van der Waals surface area contributed by atoms with Gasteiger partial charge in [-0.15, -0.1) is 11.3 Å². The number of aryl methyl sites for hydroxylation is 1. The number of thiophene rings is 1. The molecular formula is C12H19N5S2. The van der Waals surface area contributed by atoms with Gasteiger partial charge >= 0.3 is 0 Å². The molecule has 0 aliphatic carbocycles. The molecule has 0 aromatic carbocycles. The van der Waals surface area contributed by atoms with E-state index >= 15 is 0 Å². The Balaban J connectivity index is 2.35. The van der Waals surface area contributed by atoms with Crippen molar-refractivity contribution in [1.82, 2.24) is 9.97 Å². The molecule has 0 radical (unpaired) electrons. The summed E-state index contributed by atoms with van der Waals surface area (Å²) < 4.78 is 0.151. The number of aromatic nitrogens is 2. The molecule has 0 saturated carbocycles. The second-order valence-corrected chi connectivity index (χ2v) is 7.68. The Morgan fingerprint density at radius 2 is 2.16 bits per heavy atom. The normalized spacial score (nSPS) is 11.8. The van der Waals surface area contributed by atoms with Crippen LogP contribution in [0.15, 0.2) is 6.07 Å². The van der Waals surface area contributed by atoms with Crippen LogP contribution in [0.4, 0.5) is 11.8 Å². The van der Waals surface area contributed by atoms with E-state index in [-0.39, 0.29) is 4.75 Å². The summed E-state index contributed by atoms with van der Waals surface area (Å²) in [4.78, 5) is 10.9. The predicted molar refractivity (Wildman–Crippen MR) is 86.0 cm³/mol. The molecule has 0 aliphatic rings. The number of anilines is 2. The molecule has 2 aromatic heterocycles. The van der Waals surface area contributed by atoms with E-state index in [0.717, 1.165) is 22.6 Å². The second kappa shape index (κ2) is 5.52. The lowest BCUT2D eigenvalue weighted by Gasteiger charge is -2.22. The predicted octanol–water partition coefficient (Wildman–Crippen LogP) is 2.84. The minimum absolute atomic E-state index is 0.151. The van der Waals surface area contributed by atoms with E-state index in [1.807, 2.05) is 11.8 Å². The summed E-state index contributed by atoms with van der Waals surface area (Å²) in [5, 5.41) is 4.46. The number of nitrogens with one attached hydrogen (secondary N) is 2. The van der Waals surface area contributed by atoms with E-state index in [1.54, 1.807) is 11.3 Å². The molecule has 5 nitrogen and oxygen atoms in total. The Hall–Kier alpha value is -1.05. The largest absolute Gasteiger partial charge is 0.368 e. The summed E-state index contributed by atoms with van der Waals surface area (Å²) in [6, 6.07) is 2.11. The van der Waals surface area contributed by atoms with Crippen LogP contribution in [-0.2, 0) is 0 Å². The van der Waals surface area contributed by atoms with E-state index in [0.29, 0.717) is 5.95 Å². The summed E-state index contributed by atoms with van der Waals surface area (Å²) in [5.74, 6) is 6.70. The van der Waals surface area contributed by atoms with Crippen LogP contribution >= 0.6 is 23.1 Å². The third-order valence-corrected chi connectivity index (χ3v) is 5.07. The molecule has 0 amide bonds. The third-order valence-electron chi connectivity index (χ3n) is 2.88. The molecular weight excluding hydrogens is 278 g/mol. The first kappa shape index (κ1) is 14.4. The van der Waals surface area contributed by atoms with Gasteiger partial charge in [-0.05, 0) is 33.1 Å². The van der Waals surface area contributed by atoms with Gasteiger partial charge in [-0.25, -0.2) is 10.8 Å². The fourth-order valence-corrected chi connectivity index (χ4v) is 2.71. The summed E-state index contributed by atoms with van der Waals surface area (Å²) in [6.45, 7) is 7.30. The molecule has 2 aromatic rings. The van der Waals surface area contributed by atoms with Gasteiger partial charge in [-0.1, -0.05) is 0 Å². The molecule has 0 aliphatic heterocycles. The van der Waals surface area contributed by atoms with E-state index in [9.17, 15) is 0 Å². The minimum Gasteiger partial charge on any atom is -0.368 e. The van der Waals surface area contributed by atoms with Crippen molar-refractivity contribution in [3.63, 3.8) is 0 Å². The van der Waals surface area contributed by atoms with Crippen LogP contribution in [-0.4, -0.2) is 27.5 Å². The van der Waals surface area contributed by atoms with E-state index in [2.05, 4.69) is 53.8 Å². The van der Waals surface area contributed by atoms with Crippen molar-refractivity contribution < 1.29 is 0 Å². The molecule has 0 bridgehead atoms. The number of hydrogen-bond acceptors (Lipinski definition) is 7. The maximum absolute atomic E-state index is 5.42. The van der Waals surface area contributed by atoms with Gasteiger partial charge in [0.2, 0.25) is 5.95 Å². The lowest BCUT2D eigenvalue weighted by atomic mass is 10.2. The smallest absolute Gasteiger partial charge is 0.240 e. The van der Waals surface area contributed by atoms with Crippen LogP contribution in [0.2, 0.25) is 0 Å². The van der Waals surface area contributed by atoms with Crippen LogP contribution in [0.1, 0.15) is 18.7 Å². The van der Waals surface area contributed by atoms with Crippen LogP contribution in [0.25, 0.3) is 10.2 Å². The van der Waals surface area contributed by atoms with Crippen molar-refractivity contribution in [3.8, 4) is 0 Å². The maximum Gasteiger partial charge on any atom is 0.240 e. The molecule has 7 heteroatoms. The Labute approximate surface area is 121 Å². The van der Waals surface area contributed by atoms with Crippen LogP contribution in [0.3, 0.4) is 0 Å². The third kappa shape index (κ3) is 3.29.